The van der Waals surface area contributed by atoms with E-state index in [1.165, 1.54) is 5.39 Å². The van der Waals surface area contributed by atoms with E-state index in [2.05, 4.69) is 24.3 Å². The fraction of sp³-hybridized carbons (Fsp3) is 0.227. The van der Waals surface area contributed by atoms with Crippen molar-refractivity contribution in [2.75, 3.05) is 0 Å². The number of ketones is 1. The lowest BCUT2D eigenvalue weighted by Crippen LogP contribution is -2.30. The van der Waals surface area contributed by atoms with Gasteiger partial charge in [0.1, 0.15) is 17.0 Å². The summed E-state index contributed by atoms with van der Waals surface area (Å²) in [5.41, 5.74) is 0.319. The molecule has 0 saturated carbocycles. The quantitative estimate of drug-likeness (QED) is 0.632. The highest BCUT2D eigenvalue weighted by Gasteiger charge is 2.49. The number of carbonyl (C=O) groups excluding carboxylic acids is 1. The van der Waals surface area contributed by atoms with Crippen LogP contribution in [0, 0.1) is 0 Å². The summed E-state index contributed by atoms with van der Waals surface area (Å²) >= 11 is 1.60. The zero-order valence-electron chi connectivity index (χ0n) is 14.3. The van der Waals surface area contributed by atoms with Crippen LogP contribution in [-0.2, 0) is 9.53 Å². The molecule has 3 heteroatoms. The third-order valence-electron chi connectivity index (χ3n) is 4.68. The van der Waals surface area contributed by atoms with Gasteiger partial charge in [-0.2, -0.15) is 0 Å². The Labute approximate surface area is 152 Å². The van der Waals surface area contributed by atoms with Gasteiger partial charge in [0.2, 0.25) is 0 Å². The van der Waals surface area contributed by atoms with Gasteiger partial charge in [-0.05, 0) is 42.3 Å². The first-order valence-electron chi connectivity index (χ1n) is 8.48. The minimum Gasteiger partial charge on any atom is -0.358 e. The normalized spacial score (nSPS) is 22.4. The molecule has 126 valence electrons. The van der Waals surface area contributed by atoms with Gasteiger partial charge in [-0.25, -0.2) is 0 Å². The number of hydrogen-bond donors (Lipinski definition) is 0. The van der Waals surface area contributed by atoms with Crippen molar-refractivity contribution in [1.82, 2.24) is 0 Å². The molecule has 0 amide bonds. The van der Waals surface area contributed by atoms with Crippen molar-refractivity contribution >= 4 is 28.3 Å². The SMILES string of the molecule is CC1(C)O[C@H](c2cccc3ccccc23)[C@@H](Sc2ccccc2)C1=O. The summed E-state index contributed by atoms with van der Waals surface area (Å²) in [7, 11) is 0. The fourth-order valence-electron chi connectivity index (χ4n) is 3.40. The Morgan fingerprint density at radius 2 is 1.56 bits per heavy atom. The minimum atomic E-state index is -0.770. The summed E-state index contributed by atoms with van der Waals surface area (Å²) < 4.78 is 6.27. The number of carbonyl (C=O) groups is 1. The van der Waals surface area contributed by atoms with Crippen LogP contribution in [0.4, 0.5) is 0 Å². The number of fused-ring (bicyclic) bond motifs is 1. The predicted octanol–water partition coefficient (Wildman–Crippen LogP) is 5.42. The second-order valence-electron chi connectivity index (χ2n) is 6.83. The number of benzene rings is 3. The summed E-state index contributed by atoms with van der Waals surface area (Å²) in [6.07, 6.45) is -0.251. The molecule has 0 bridgehead atoms. The molecule has 0 radical (unpaired) electrons. The van der Waals surface area contributed by atoms with Gasteiger partial charge < -0.3 is 4.74 Å². The highest BCUT2D eigenvalue weighted by Crippen LogP contribution is 2.46. The molecule has 1 aliphatic rings. The Morgan fingerprint density at radius 3 is 2.36 bits per heavy atom. The largest absolute Gasteiger partial charge is 0.358 e. The zero-order valence-corrected chi connectivity index (χ0v) is 15.1. The summed E-state index contributed by atoms with van der Waals surface area (Å²) in [4.78, 5) is 14.1. The van der Waals surface area contributed by atoms with Crippen molar-refractivity contribution in [3.05, 3.63) is 78.4 Å². The minimum absolute atomic E-state index is 0.152. The third-order valence-corrected chi connectivity index (χ3v) is 5.94. The zero-order chi connectivity index (χ0) is 17.4. The first kappa shape index (κ1) is 16.4. The molecule has 1 fully saturated rings. The summed E-state index contributed by atoms with van der Waals surface area (Å²) in [6.45, 7) is 3.75. The number of Topliss-reactive ketones (excluding diaryl/α,β-unsaturated/α-hetero) is 1. The maximum atomic E-state index is 13.0. The van der Waals surface area contributed by atoms with Crippen LogP contribution in [0.15, 0.2) is 77.7 Å². The van der Waals surface area contributed by atoms with Crippen molar-refractivity contribution in [2.45, 2.75) is 35.7 Å². The predicted molar refractivity (Wildman–Crippen MR) is 103 cm³/mol. The number of rotatable bonds is 3. The molecular weight excluding hydrogens is 328 g/mol. The third kappa shape index (κ3) is 2.99. The Kier molecular flexibility index (Phi) is 4.14. The van der Waals surface area contributed by atoms with Gasteiger partial charge in [0.05, 0.1) is 0 Å². The summed E-state index contributed by atoms with van der Waals surface area (Å²) in [5, 5.41) is 2.08. The van der Waals surface area contributed by atoms with Gasteiger partial charge in [-0.3, -0.25) is 4.79 Å². The second kappa shape index (κ2) is 6.32. The highest BCUT2D eigenvalue weighted by atomic mass is 32.2. The fourth-order valence-corrected chi connectivity index (χ4v) is 4.73. The Morgan fingerprint density at radius 1 is 0.880 bits per heavy atom. The van der Waals surface area contributed by atoms with E-state index in [-0.39, 0.29) is 17.1 Å². The van der Waals surface area contributed by atoms with Crippen molar-refractivity contribution in [1.29, 1.82) is 0 Å². The molecule has 1 heterocycles. The van der Waals surface area contributed by atoms with E-state index in [0.29, 0.717) is 0 Å². The van der Waals surface area contributed by atoms with Gasteiger partial charge >= 0.3 is 0 Å². The van der Waals surface area contributed by atoms with Gasteiger partial charge in [-0.15, -0.1) is 11.8 Å². The van der Waals surface area contributed by atoms with Gasteiger partial charge in [0, 0.05) is 4.90 Å². The van der Waals surface area contributed by atoms with E-state index in [9.17, 15) is 4.79 Å². The van der Waals surface area contributed by atoms with Crippen LogP contribution in [-0.4, -0.2) is 16.6 Å². The molecule has 1 aliphatic heterocycles. The molecule has 25 heavy (non-hydrogen) atoms. The molecule has 0 unspecified atom stereocenters. The molecule has 2 atom stereocenters. The lowest BCUT2D eigenvalue weighted by Gasteiger charge is -2.20. The van der Waals surface area contributed by atoms with Crippen molar-refractivity contribution in [2.24, 2.45) is 0 Å². The highest BCUT2D eigenvalue weighted by molar-refractivity contribution is 8.00. The van der Waals surface area contributed by atoms with E-state index in [4.69, 9.17) is 4.74 Å². The molecule has 4 rings (SSSR count). The van der Waals surface area contributed by atoms with Crippen molar-refractivity contribution in [3.8, 4) is 0 Å². The lowest BCUT2D eigenvalue weighted by atomic mass is 9.96. The molecule has 3 aromatic rings. The average Bonchev–Trinajstić information content (AvgIpc) is 2.86. The van der Waals surface area contributed by atoms with Crippen LogP contribution in [0.25, 0.3) is 10.8 Å². The van der Waals surface area contributed by atoms with E-state index in [0.717, 1.165) is 15.8 Å². The summed E-state index contributed by atoms with van der Waals surface area (Å²) in [6, 6.07) is 24.6. The van der Waals surface area contributed by atoms with E-state index < -0.39 is 5.60 Å². The average molecular weight is 348 g/mol. The molecular formula is C22H20O2S. The topological polar surface area (TPSA) is 26.3 Å². The summed E-state index contributed by atoms with van der Waals surface area (Å²) in [5.74, 6) is 0.152. The number of thioether (sulfide) groups is 1. The Balaban J connectivity index is 1.79. The number of hydrogen-bond acceptors (Lipinski definition) is 3. The molecule has 0 spiro atoms. The molecule has 0 aliphatic carbocycles. The second-order valence-corrected chi connectivity index (χ2v) is 8.05. The van der Waals surface area contributed by atoms with Crippen LogP contribution < -0.4 is 0 Å². The number of ether oxygens (including phenoxy) is 1. The molecule has 2 nitrogen and oxygen atoms in total. The van der Waals surface area contributed by atoms with E-state index in [1.807, 2.05) is 62.4 Å². The first-order chi connectivity index (χ1) is 12.1. The van der Waals surface area contributed by atoms with Gasteiger partial charge in [-0.1, -0.05) is 60.7 Å². The van der Waals surface area contributed by atoms with Crippen LogP contribution in [0.2, 0.25) is 0 Å². The maximum absolute atomic E-state index is 13.0. The molecule has 1 saturated heterocycles. The lowest BCUT2D eigenvalue weighted by molar-refractivity contribution is -0.129. The monoisotopic (exact) mass is 348 g/mol. The van der Waals surface area contributed by atoms with Gasteiger partial charge in [0.15, 0.2) is 5.78 Å². The van der Waals surface area contributed by atoms with Crippen LogP contribution in [0.1, 0.15) is 25.5 Å². The molecule has 0 aromatic heterocycles. The molecule has 3 aromatic carbocycles. The van der Waals surface area contributed by atoms with E-state index in [1.54, 1.807) is 11.8 Å². The maximum Gasteiger partial charge on any atom is 0.180 e. The van der Waals surface area contributed by atoms with Crippen molar-refractivity contribution < 1.29 is 9.53 Å². The van der Waals surface area contributed by atoms with Gasteiger partial charge in [0.25, 0.3) is 0 Å². The van der Waals surface area contributed by atoms with Crippen LogP contribution in [0.3, 0.4) is 0 Å². The van der Waals surface area contributed by atoms with E-state index >= 15 is 0 Å². The molecule has 0 N–H and O–H groups in total. The Hall–Kier alpha value is -2.10. The van der Waals surface area contributed by atoms with Crippen LogP contribution in [0.5, 0.6) is 0 Å². The standard InChI is InChI=1S/C22H20O2S/c1-22(2)21(23)20(25-16-11-4-3-5-12-16)19(24-22)18-14-8-10-15-9-6-7-13-17(15)18/h3-14,19-20H,1-2H3/t19-,20-/m1/s1. The first-order valence-corrected chi connectivity index (χ1v) is 9.36. The van der Waals surface area contributed by atoms with Crippen molar-refractivity contribution in [3.63, 3.8) is 0 Å². The Bertz CT molecular complexity index is 912. The smallest absolute Gasteiger partial charge is 0.180 e. The van der Waals surface area contributed by atoms with Crippen LogP contribution >= 0.6 is 11.8 Å².